The fraction of sp³-hybridized carbons (Fsp3) is 0.211. The second kappa shape index (κ2) is 8.05. The zero-order chi connectivity index (χ0) is 17.6. The van der Waals surface area contributed by atoms with Gasteiger partial charge in [-0.05, 0) is 31.8 Å². The molecule has 128 valence electrons. The molecule has 0 aliphatic rings. The number of anilines is 1. The van der Waals surface area contributed by atoms with Crippen molar-refractivity contribution < 1.29 is 0 Å². The predicted molar refractivity (Wildman–Crippen MR) is 102 cm³/mol. The maximum Gasteiger partial charge on any atom is 0.152 e. The van der Waals surface area contributed by atoms with Crippen molar-refractivity contribution in [1.82, 2.24) is 19.9 Å². The molecule has 1 atom stereocenters. The molecular weight excluding hydrogens is 334 g/mol. The molecule has 3 aromatic rings. The number of pyridine rings is 1. The van der Waals surface area contributed by atoms with Crippen molar-refractivity contribution in [3.63, 3.8) is 0 Å². The van der Waals surface area contributed by atoms with Crippen molar-refractivity contribution >= 4 is 17.4 Å². The van der Waals surface area contributed by atoms with Crippen LogP contribution in [-0.4, -0.2) is 40.5 Å². The van der Waals surface area contributed by atoms with Gasteiger partial charge in [0.1, 0.15) is 5.69 Å². The molecule has 2 aromatic heterocycles. The Morgan fingerprint density at radius 3 is 2.56 bits per heavy atom. The lowest BCUT2D eigenvalue weighted by Crippen LogP contribution is -2.27. The van der Waals surface area contributed by atoms with Crippen molar-refractivity contribution in [1.29, 1.82) is 0 Å². The van der Waals surface area contributed by atoms with Crippen LogP contribution in [0.25, 0.3) is 11.3 Å². The van der Waals surface area contributed by atoms with Gasteiger partial charge in [0.25, 0.3) is 0 Å². The Labute approximate surface area is 152 Å². The summed E-state index contributed by atoms with van der Waals surface area (Å²) in [6, 6.07) is 11.8. The molecule has 1 aromatic carbocycles. The van der Waals surface area contributed by atoms with Crippen LogP contribution in [-0.2, 0) is 0 Å². The standard InChI is InChI=1S/C19H20ClN5/c1-25(2)17(14-6-5-9-21-12-14)13-24-19-18(22-10-11-23-19)15-7-3-4-8-16(15)20/h3-12,17H,13H2,1-2H3,(H,23,24). The van der Waals surface area contributed by atoms with Gasteiger partial charge >= 0.3 is 0 Å². The highest BCUT2D eigenvalue weighted by atomic mass is 35.5. The molecule has 0 amide bonds. The number of nitrogens with zero attached hydrogens (tertiary/aromatic N) is 4. The van der Waals surface area contributed by atoms with Gasteiger partial charge in [-0.15, -0.1) is 0 Å². The number of aromatic nitrogens is 3. The van der Waals surface area contributed by atoms with Crippen LogP contribution in [0.4, 0.5) is 5.82 Å². The van der Waals surface area contributed by atoms with E-state index >= 15 is 0 Å². The Bertz CT molecular complexity index is 823. The Kier molecular flexibility index (Phi) is 5.58. The molecule has 1 unspecified atom stereocenters. The monoisotopic (exact) mass is 353 g/mol. The summed E-state index contributed by atoms with van der Waals surface area (Å²) >= 11 is 6.33. The zero-order valence-electron chi connectivity index (χ0n) is 14.2. The Morgan fingerprint density at radius 1 is 1.04 bits per heavy atom. The normalized spacial score (nSPS) is 12.2. The summed E-state index contributed by atoms with van der Waals surface area (Å²) in [5.74, 6) is 0.714. The quantitative estimate of drug-likeness (QED) is 0.728. The van der Waals surface area contributed by atoms with E-state index in [0.717, 1.165) is 16.8 Å². The fourth-order valence-corrected chi connectivity index (χ4v) is 2.91. The second-order valence-corrected chi connectivity index (χ2v) is 6.29. The summed E-state index contributed by atoms with van der Waals surface area (Å²) in [5, 5.41) is 4.07. The van der Waals surface area contributed by atoms with Gasteiger partial charge in [-0.2, -0.15) is 0 Å². The van der Waals surface area contributed by atoms with Crippen LogP contribution in [0.2, 0.25) is 5.02 Å². The maximum atomic E-state index is 6.33. The van der Waals surface area contributed by atoms with E-state index in [1.807, 2.05) is 50.6 Å². The van der Waals surface area contributed by atoms with E-state index in [9.17, 15) is 0 Å². The number of rotatable bonds is 6. The third-order valence-corrected chi connectivity index (χ3v) is 4.31. The molecular formula is C19H20ClN5. The minimum absolute atomic E-state index is 0.162. The lowest BCUT2D eigenvalue weighted by Gasteiger charge is -2.25. The SMILES string of the molecule is CN(C)C(CNc1nccnc1-c1ccccc1Cl)c1cccnc1. The summed E-state index contributed by atoms with van der Waals surface area (Å²) in [6.45, 7) is 0.675. The maximum absolute atomic E-state index is 6.33. The topological polar surface area (TPSA) is 53.9 Å². The van der Waals surface area contributed by atoms with Crippen LogP contribution in [0.3, 0.4) is 0 Å². The molecule has 2 heterocycles. The van der Waals surface area contributed by atoms with Crippen LogP contribution in [0.15, 0.2) is 61.2 Å². The minimum Gasteiger partial charge on any atom is -0.366 e. The molecule has 0 fully saturated rings. The molecule has 6 heteroatoms. The summed E-state index contributed by atoms with van der Waals surface area (Å²) < 4.78 is 0. The van der Waals surface area contributed by atoms with Gasteiger partial charge in [0.05, 0.1) is 11.1 Å². The first-order valence-corrected chi connectivity index (χ1v) is 8.40. The van der Waals surface area contributed by atoms with Crippen molar-refractivity contribution in [3.05, 3.63) is 71.8 Å². The van der Waals surface area contributed by atoms with E-state index in [1.54, 1.807) is 18.6 Å². The first-order chi connectivity index (χ1) is 12.2. The third-order valence-electron chi connectivity index (χ3n) is 3.98. The molecule has 5 nitrogen and oxygen atoms in total. The van der Waals surface area contributed by atoms with Crippen LogP contribution >= 0.6 is 11.6 Å². The number of benzene rings is 1. The molecule has 0 bridgehead atoms. The third kappa shape index (κ3) is 4.13. The summed E-state index contributed by atoms with van der Waals surface area (Å²) in [5.41, 5.74) is 2.75. The Balaban J connectivity index is 1.85. The smallest absolute Gasteiger partial charge is 0.152 e. The summed E-state index contributed by atoms with van der Waals surface area (Å²) in [6.07, 6.45) is 7.02. The molecule has 0 aliphatic carbocycles. The lowest BCUT2D eigenvalue weighted by atomic mass is 10.1. The molecule has 0 radical (unpaired) electrons. The Morgan fingerprint density at radius 2 is 1.84 bits per heavy atom. The first-order valence-electron chi connectivity index (χ1n) is 8.03. The second-order valence-electron chi connectivity index (χ2n) is 5.88. The molecule has 0 aliphatic heterocycles. The van der Waals surface area contributed by atoms with Crippen LogP contribution in [0, 0.1) is 0 Å². The summed E-state index contributed by atoms with van der Waals surface area (Å²) in [7, 11) is 4.09. The molecule has 0 saturated heterocycles. The largest absolute Gasteiger partial charge is 0.366 e. The van der Waals surface area contributed by atoms with Crippen molar-refractivity contribution in [2.45, 2.75) is 6.04 Å². The van der Waals surface area contributed by atoms with E-state index in [4.69, 9.17) is 11.6 Å². The van der Waals surface area contributed by atoms with Gasteiger partial charge in [-0.25, -0.2) is 4.98 Å². The Hall–Kier alpha value is -2.50. The van der Waals surface area contributed by atoms with E-state index < -0.39 is 0 Å². The van der Waals surface area contributed by atoms with Crippen LogP contribution in [0.1, 0.15) is 11.6 Å². The fourth-order valence-electron chi connectivity index (χ4n) is 2.68. The number of hydrogen-bond acceptors (Lipinski definition) is 5. The summed E-state index contributed by atoms with van der Waals surface area (Å²) in [4.78, 5) is 15.3. The van der Waals surface area contributed by atoms with Gasteiger partial charge in [0, 0.05) is 36.9 Å². The molecule has 1 N–H and O–H groups in total. The van der Waals surface area contributed by atoms with E-state index in [0.29, 0.717) is 17.4 Å². The minimum atomic E-state index is 0.162. The van der Waals surface area contributed by atoms with Gasteiger partial charge in [0.15, 0.2) is 5.82 Å². The van der Waals surface area contributed by atoms with Gasteiger partial charge in [0.2, 0.25) is 0 Å². The highest BCUT2D eigenvalue weighted by molar-refractivity contribution is 6.33. The molecule has 25 heavy (non-hydrogen) atoms. The number of nitrogens with one attached hydrogen (secondary N) is 1. The average Bonchev–Trinajstić information content (AvgIpc) is 2.63. The molecule has 0 spiro atoms. The van der Waals surface area contributed by atoms with Crippen LogP contribution < -0.4 is 5.32 Å². The highest BCUT2D eigenvalue weighted by Gasteiger charge is 2.16. The lowest BCUT2D eigenvalue weighted by molar-refractivity contribution is 0.311. The van der Waals surface area contributed by atoms with E-state index in [1.165, 1.54) is 0 Å². The van der Waals surface area contributed by atoms with Gasteiger partial charge in [-0.1, -0.05) is 35.9 Å². The van der Waals surface area contributed by atoms with Crippen molar-refractivity contribution in [2.75, 3.05) is 26.0 Å². The number of hydrogen-bond donors (Lipinski definition) is 1. The zero-order valence-corrected chi connectivity index (χ0v) is 15.0. The first kappa shape index (κ1) is 17.3. The average molecular weight is 354 g/mol. The number of halogens is 1. The molecule has 0 saturated carbocycles. The van der Waals surface area contributed by atoms with Crippen LogP contribution in [0.5, 0.6) is 0 Å². The van der Waals surface area contributed by atoms with Crippen molar-refractivity contribution in [2.24, 2.45) is 0 Å². The highest BCUT2D eigenvalue weighted by Crippen LogP contribution is 2.30. The van der Waals surface area contributed by atoms with Crippen molar-refractivity contribution in [3.8, 4) is 11.3 Å². The van der Waals surface area contributed by atoms with E-state index in [2.05, 4.69) is 31.2 Å². The molecule has 3 rings (SSSR count). The predicted octanol–water partition coefficient (Wildman–Crippen LogP) is 3.91. The van der Waals surface area contributed by atoms with Gasteiger partial charge < -0.3 is 10.2 Å². The van der Waals surface area contributed by atoms with Gasteiger partial charge in [-0.3, -0.25) is 9.97 Å². The van der Waals surface area contributed by atoms with E-state index in [-0.39, 0.29) is 6.04 Å². The number of likely N-dealkylation sites (N-methyl/N-ethyl adjacent to an activating group) is 1.